The number of halogens is 1. The molecule has 0 saturated heterocycles. The van der Waals surface area contributed by atoms with Gasteiger partial charge in [0.15, 0.2) is 6.61 Å². The second-order valence-corrected chi connectivity index (χ2v) is 8.04. The van der Waals surface area contributed by atoms with Crippen LogP contribution in [0.4, 0.5) is 5.95 Å². The van der Waals surface area contributed by atoms with Gasteiger partial charge in [-0.25, -0.2) is 4.52 Å². The number of carbonyl (C=O) groups is 1. The van der Waals surface area contributed by atoms with Crippen molar-refractivity contribution >= 4 is 39.8 Å². The number of rotatable bonds is 5. The third-order valence-electron chi connectivity index (χ3n) is 4.46. The zero-order valence-electron chi connectivity index (χ0n) is 16.2. The lowest BCUT2D eigenvalue weighted by Gasteiger charge is -2.09. The van der Waals surface area contributed by atoms with Gasteiger partial charge in [0.05, 0.1) is 5.69 Å². The maximum atomic E-state index is 12.3. The molecule has 6 nitrogen and oxygen atoms in total. The van der Waals surface area contributed by atoms with Gasteiger partial charge in [0.2, 0.25) is 4.96 Å². The molecule has 2 aromatic carbocycles. The molecule has 0 spiro atoms. The van der Waals surface area contributed by atoms with Crippen molar-refractivity contribution in [1.82, 2.24) is 14.6 Å². The first-order chi connectivity index (χ1) is 13.9. The highest BCUT2D eigenvalue weighted by Crippen LogP contribution is 2.27. The lowest BCUT2D eigenvalue weighted by atomic mass is 10.1. The van der Waals surface area contributed by atoms with Crippen LogP contribution < -0.4 is 10.1 Å². The molecule has 2 aromatic heterocycles. The first kappa shape index (κ1) is 19.4. The van der Waals surface area contributed by atoms with E-state index in [9.17, 15) is 4.79 Å². The van der Waals surface area contributed by atoms with Gasteiger partial charge in [-0.15, -0.1) is 16.4 Å². The van der Waals surface area contributed by atoms with Crippen LogP contribution in [0.2, 0.25) is 5.02 Å². The maximum absolute atomic E-state index is 12.3. The zero-order chi connectivity index (χ0) is 20.5. The summed E-state index contributed by atoms with van der Waals surface area (Å²) >= 11 is 7.63. The predicted molar refractivity (Wildman–Crippen MR) is 116 cm³/mol. The van der Waals surface area contributed by atoms with Gasteiger partial charge in [0.25, 0.3) is 11.9 Å². The normalized spacial score (nSPS) is 11.0. The zero-order valence-corrected chi connectivity index (χ0v) is 17.8. The van der Waals surface area contributed by atoms with E-state index in [1.807, 2.05) is 38.3 Å². The predicted octanol–water partition coefficient (Wildman–Crippen LogP) is 5.05. The van der Waals surface area contributed by atoms with Crippen molar-refractivity contribution in [3.8, 4) is 17.0 Å². The van der Waals surface area contributed by atoms with E-state index in [-0.39, 0.29) is 18.5 Å². The summed E-state index contributed by atoms with van der Waals surface area (Å²) in [6.45, 7) is 5.70. The largest absolute Gasteiger partial charge is 0.484 e. The molecule has 0 aliphatic carbocycles. The summed E-state index contributed by atoms with van der Waals surface area (Å²) in [7, 11) is 0. The van der Waals surface area contributed by atoms with Gasteiger partial charge in [0, 0.05) is 16.0 Å². The quantitative estimate of drug-likeness (QED) is 0.484. The van der Waals surface area contributed by atoms with Gasteiger partial charge >= 0.3 is 0 Å². The molecule has 4 rings (SSSR count). The van der Waals surface area contributed by atoms with Crippen LogP contribution in [0, 0.1) is 20.8 Å². The molecule has 0 bridgehead atoms. The summed E-state index contributed by atoms with van der Waals surface area (Å²) in [5.41, 5.74) is 4.98. The average molecular weight is 427 g/mol. The Labute approximate surface area is 177 Å². The van der Waals surface area contributed by atoms with Gasteiger partial charge in [-0.3, -0.25) is 10.1 Å². The number of ether oxygens (including phenoxy) is 1. The molecule has 0 radical (unpaired) electrons. The second kappa shape index (κ2) is 7.85. The Morgan fingerprint density at radius 2 is 1.86 bits per heavy atom. The van der Waals surface area contributed by atoms with E-state index in [0.29, 0.717) is 15.7 Å². The highest BCUT2D eigenvalue weighted by atomic mass is 35.5. The lowest BCUT2D eigenvalue weighted by molar-refractivity contribution is -0.118. The van der Waals surface area contributed by atoms with E-state index in [2.05, 4.69) is 27.5 Å². The van der Waals surface area contributed by atoms with Gasteiger partial charge in [-0.05, 0) is 44.0 Å². The molecule has 1 amide bonds. The Hall–Kier alpha value is -2.90. The maximum Gasteiger partial charge on any atom is 0.264 e. The van der Waals surface area contributed by atoms with Crippen LogP contribution in [0.3, 0.4) is 0 Å². The van der Waals surface area contributed by atoms with Crippen LogP contribution in [0.25, 0.3) is 16.2 Å². The fourth-order valence-corrected chi connectivity index (χ4v) is 3.90. The molecule has 0 saturated carbocycles. The summed E-state index contributed by atoms with van der Waals surface area (Å²) in [6, 6.07) is 11.8. The van der Waals surface area contributed by atoms with Crippen molar-refractivity contribution < 1.29 is 9.53 Å². The van der Waals surface area contributed by atoms with Crippen molar-refractivity contribution in [2.75, 3.05) is 11.9 Å². The smallest absolute Gasteiger partial charge is 0.264 e. The minimum Gasteiger partial charge on any atom is -0.484 e. The van der Waals surface area contributed by atoms with Gasteiger partial charge in [0.1, 0.15) is 5.75 Å². The topological polar surface area (TPSA) is 68.5 Å². The monoisotopic (exact) mass is 426 g/mol. The highest BCUT2D eigenvalue weighted by Gasteiger charge is 2.14. The van der Waals surface area contributed by atoms with E-state index < -0.39 is 0 Å². The van der Waals surface area contributed by atoms with Gasteiger partial charge in [-0.2, -0.15) is 4.98 Å². The van der Waals surface area contributed by atoms with Crippen LogP contribution in [0.1, 0.15) is 16.7 Å². The number of nitrogens with zero attached hydrogens (tertiary/aromatic N) is 3. The van der Waals surface area contributed by atoms with Crippen LogP contribution in [-0.2, 0) is 4.79 Å². The molecule has 2 heterocycles. The number of amides is 1. The summed E-state index contributed by atoms with van der Waals surface area (Å²) < 4.78 is 7.32. The van der Waals surface area contributed by atoms with Crippen molar-refractivity contribution in [3.63, 3.8) is 0 Å². The molecule has 0 fully saturated rings. The van der Waals surface area contributed by atoms with Crippen molar-refractivity contribution in [2.45, 2.75) is 20.8 Å². The van der Waals surface area contributed by atoms with Crippen LogP contribution in [0.15, 0.2) is 41.8 Å². The lowest BCUT2D eigenvalue weighted by Crippen LogP contribution is -2.21. The third kappa shape index (κ3) is 4.11. The Morgan fingerprint density at radius 1 is 1.17 bits per heavy atom. The molecule has 0 aliphatic heterocycles. The number of fused-ring (bicyclic) bond motifs is 1. The molecular formula is C21H19ClN4O2S. The third-order valence-corrected chi connectivity index (χ3v) is 5.87. The van der Waals surface area contributed by atoms with Crippen molar-refractivity contribution in [3.05, 3.63) is 63.5 Å². The summed E-state index contributed by atoms with van der Waals surface area (Å²) in [5, 5.41) is 9.81. The molecule has 29 heavy (non-hydrogen) atoms. The molecule has 4 aromatic rings. The fourth-order valence-electron chi connectivity index (χ4n) is 2.96. The van der Waals surface area contributed by atoms with Crippen LogP contribution >= 0.6 is 22.9 Å². The van der Waals surface area contributed by atoms with E-state index in [0.717, 1.165) is 22.4 Å². The molecule has 148 valence electrons. The van der Waals surface area contributed by atoms with Gasteiger partial charge in [-0.1, -0.05) is 41.4 Å². The molecule has 8 heteroatoms. The Morgan fingerprint density at radius 3 is 2.55 bits per heavy atom. The fraction of sp³-hybridized carbons (Fsp3) is 0.190. The number of carbonyl (C=O) groups excluding carboxylic acids is 1. The molecule has 0 atom stereocenters. The number of benzene rings is 2. The van der Waals surface area contributed by atoms with E-state index in [1.54, 1.807) is 16.6 Å². The first-order valence-corrected chi connectivity index (χ1v) is 10.3. The molecular weight excluding hydrogens is 408 g/mol. The van der Waals surface area contributed by atoms with Crippen LogP contribution in [-0.4, -0.2) is 27.1 Å². The number of anilines is 1. The Balaban J connectivity index is 1.45. The SMILES string of the molecule is Cc1ccc(-c2csc3nc(NC(=O)COc4cc(C)c(Cl)c(C)c4)nn23)cc1. The number of hydrogen-bond donors (Lipinski definition) is 1. The Kier molecular flexibility index (Phi) is 5.25. The molecule has 1 N–H and O–H groups in total. The number of hydrogen-bond acceptors (Lipinski definition) is 5. The molecule has 0 unspecified atom stereocenters. The highest BCUT2D eigenvalue weighted by molar-refractivity contribution is 7.15. The summed E-state index contributed by atoms with van der Waals surface area (Å²) in [6.07, 6.45) is 0. The minimum absolute atomic E-state index is 0.141. The van der Waals surface area contributed by atoms with E-state index in [4.69, 9.17) is 16.3 Å². The Bertz CT molecular complexity index is 1170. The number of aromatic nitrogens is 3. The van der Waals surface area contributed by atoms with E-state index >= 15 is 0 Å². The van der Waals surface area contributed by atoms with Crippen LogP contribution in [0.5, 0.6) is 5.75 Å². The van der Waals surface area contributed by atoms with Gasteiger partial charge < -0.3 is 4.74 Å². The minimum atomic E-state index is -0.328. The number of aryl methyl sites for hydroxylation is 3. The van der Waals surface area contributed by atoms with E-state index in [1.165, 1.54) is 16.9 Å². The van der Waals surface area contributed by atoms with Crippen molar-refractivity contribution in [2.24, 2.45) is 0 Å². The standard InChI is InChI=1S/C21H19ClN4O2S/c1-12-4-6-15(7-5-12)17-11-29-21-24-20(25-26(17)21)23-18(27)10-28-16-8-13(2)19(22)14(3)9-16/h4-9,11H,10H2,1-3H3,(H,23,25,27). The molecule has 0 aliphatic rings. The van der Waals surface area contributed by atoms with Crippen molar-refractivity contribution in [1.29, 1.82) is 0 Å². The number of nitrogens with one attached hydrogen (secondary N) is 1. The first-order valence-electron chi connectivity index (χ1n) is 9.01. The average Bonchev–Trinajstić information content (AvgIpc) is 3.25. The summed E-state index contributed by atoms with van der Waals surface area (Å²) in [4.78, 5) is 17.4. The summed E-state index contributed by atoms with van der Waals surface area (Å²) in [5.74, 6) is 0.521. The second-order valence-electron chi connectivity index (χ2n) is 6.82. The number of thiazole rings is 1.